The first-order valence-corrected chi connectivity index (χ1v) is 3.59. The number of carbonyl (C=O) groups is 3. The molecule has 1 aliphatic carbocycles. The van der Waals surface area contributed by atoms with Crippen molar-refractivity contribution in [1.29, 1.82) is 0 Å². The third kappa shape index (κ3) is 1.88. The van der Waals surface area contributed by atoms with Gasteiger partial charge in [-0.15, -0.1) is 5.48 Å². The molecule has 5 heteroatoms. The van der Waals surface area contributed by atoms with Gasteiger partial charge in [-0.2, -0.15) is 0 Å². The smallest absolute Gasteiger partial charge is 0.321 e. The molecule has 5 nitrogen and oxygen atoms in total. The van der Waals surface area contributed by atoms with E-state index >= 15 is 0 Å². The zero-order valence-electron chi connectivity index (χ0n) is 6.62. The van der Waals surface area contributed by atoms with Crippen molar-refractivity contribution in [1.82, 2.24) is 5.48 Å². The fraction of sp³-hybridized carbons (Fsp3) is 0.571. The molecular weight excluding hydrogens is 162 g/mol. The summed E-state index contributed by atoms with van der Waals surface area (Å²) in [6.07, 6.45) is 0.468. The highest BCUT2D eigenvalue weighted by atomic mass is 16.7. The van der Waals surface area contributed by atoms with Crippen LogP contribution >= 0.6 is 0 Å². The maximum Gasteiger partial charge on any atom is 0.321 e. The number of nitrogens with one attached hydrogen (secondary N) is 1. The molecule has 0 aromatic carbocycles. The van der Waals surface area contributed by atoms with Crippen molar-refractivity contribution in [3.63, 3.8) is 0 Å². The second-order valence-electron chi connectivity index (χ2n) is 2.58. The molecule has 0 aliphatic heterocycles. The van der Waals surface area contributed by atoms with Crippen LogP contribution in [-0.2, 0) is 19.2 Å². The highest BCUT2D eigenvalue weighted by molar-refractivity contribution is 6.12. The number of rotatable bonds is 2. The highest BCUT2D eigenvalue weighted by Crippen LogP contribution is 2.10. The molecule has 0 atom stereocenters. The first-order chi connectivity index (χ1) is 5.61. The Labute approximate surface area is 69.0 Å². The lowest BCUT2D eigenvalue weighted by molar-refractivity contribution is -0.152. The van der Waals surface area contributed by atoms with Gasteiger partial charge in [0.1, 0.15) is 0 Å². The molecule has 0 bridgehead atoms. The topological polar surface area (TPSA) is 72.5 Å². The monoisotopic (exact) mass is 171 g/mol. The largest absolute Gasteiger partial charge is 0.370 e. The molecule has 1 rings (SSSR count). The van der Waals surface area contributed by atoms with E-state index in [0.717, 1.165) is 0 Å². The number of hydrogen-bond donors (Lipinski definition) is 1. The molecule has 1 aliphatic rings. The van der Waals surface area contributed by atoms with Crippen LogP contribution in [0.1, 0.15) is 19.8 Å². The first kappa shape index (κ1) is 8.86. The zero-order valence-corrected chi connectivity index (χ0v) is 6.62. The average molecular weight is 171 g/mol. The lowest BCUT2D eigenvalue weighted by Crippen LogP contribution is -2.39. The van der Waals surface area contributed by atoms with Gasteiger partial charge >= 0.3 is 5.97 Å². The Balaban J connectivity index is 2.45. The van der Waals surface area contributed by atoms with E-state index in [0.29, 0.717) is 0 Å². The Morgan fingerprint density at radius 3 is 2.33 bits per heavy atom. The first-order valence-electron chi connectivity index (χ1n) is 3.59. The predicted octanol–water partition coefficient (Wildman–Crippen LogP) is -0.645. The third-order valence-corrected chi connectivity index (χ3v) is 1.58. The van der Waals surface area contributed by atoms with E-state index < -0.39 is 12.0 Å². The van der Waals surface area contributed by atoms with Gasteiger partial charge < -0.3 is 4.84 Å². The molecule has 0 amide bonds. The Bertz CT molecular complexity index is 220. The van der Waals surface area contributed by atoms with Crippen molar-refractivity contribution in [2.45, 2.75) is 25.8 Å². The Morgan fingerprint density at radius 2 is 1.92 bits per heavy atom. The minimum Gasteiger partial charge on any atom is -0.370 e. The van der Waals surface area contributed by atoms with Gasteiger partial charge in [-0.25, -0.2) is 0 Å². The molecule has 0 unspecified atom stereocenters. The zero-order chi connectivity index (χ0) is 9.14. The Kier molecular flexibility index (Phi) is 2.54. The molecule has 0 spiro atoms. The van der Waals surface area contributed by atoms with E-state index in [9.17, 15) is 14.4 Å². The summed E-state index contributed by atoms with van der Waals surface area (Å²) >= 11 is 0. The van der Waals surface area contributed by atoms with E-state index in [1.165, 1.54) is 6.92 Å². The van der Waals surface area contributed by atoms with Gasteiger partial charge in [-0.1, -0.05) is 0 Å². The van der Waals surface area contributed by atoms with Gasteiger partial charge in [0.15, 0.2) is 17.6 Å². The molecule has 0 heterocycles. The second kappa shape index (κ2) is 3.44. The minimum atomic E-state index is -0.936. The summed E-state index contributed by atoms with van der Waals surface area (Å²) < 4.78 is 0. The average Bonchev–Trinajstić information content (AvgIpc) is 2.28. The van der Waals surface area contributed by atoms with Gasteiger partial charge in [0.05, 0.1) is 0 Å². The molecule has 1 N–H and O–H groups in total. The summed E-state index contributed by atoms with van der Waals surface area (Å²) in [5.74, 6) is -1.01. The molecule has 1 fully saturated rings. The predicted molar refractivity (Wildman–Crippen MR) is 37.9 cm³/mol. The van der Waals surface area contributed by atoms with Crippen LogP contribution in [0.25, 0.3) is 0 Å². The maximum absolute atomic E-state index is 10.9. The van der Waals surface area contributed by atoms with E-state index in [4.69, 9.17) is 0 Å². The van der Waals surface area contributed by atoms with E-state index in [1.807, 2.05) is 0 Å². The molecule has 66 valence electrons. The highest BCUT2D eigenvalue weighted by Gasteiger charge is 2.33. The second-order valence-corrected chi connectivity index (χ2v) is 2.58. The fourth-order valence-corrected chi connectivity index (χ4v) is 0.988. The number of carbonyl (C=O) groups excluding carboxylic acids is 3. The molecule has 0 radical (unpaired) electrons. The van der Waals surface area contributed by atoms with Gasteiger partial charge in [0.2, 0.25) is 0 Å². The minimum absolute atomic E-state index is 0.221. The lowest BCUT2D eigenvalue weighted by atomic mass is 10.2. The SMILES string of the molecule is CC(=O)ONC1C(=O)CCC1=O. The van der Waals surface area contributed by atoms with E-state index in [-0.39, 0.29) is 24.4 Å². The quantitative estimate of drug-likeness (QED) is 0.441. The fourth-order valence-electron chi connectivity index (χ4n) is 0.988. The maximum atomic E-state index is 10.9. The van der Waals surface area contributed by atoms with Gasteiger partial charge in [0, 0.05) is 19.8 Å². The molecular formula is C7H9NO4. The van der Waals surface area contributed by atoms with Crippen molar-refractivity contribution >= 4 is 17.5 Å². The summed E-state index contributed by atoms with van der Waals surface area (Å²) in [6.45, 7) is 1.19. The molecule has 0 saturated heterocycles. The number of hydrogen-bond acceptors (Lipinski definition) is 5. The van der Waals surface area contributed by atoms with Crippen LogP contribution < -0.4 is 5.48 Å². The van der Waals surface area contributed by atoms with Crippen LogP contribution in [0.4, 0.5) is 0 Å². The van der Waals surface area contributed by atoms with Crippen molar-refractivity contribution in [3.8, 4) is 0 Å². The summed E-state index contributed by atoms with van der Waals surface area (Å²) in [5.41, 5.74) is 2.13. The number of ketones is 2. The molecule has 1 saturated carbocycles. The summed E-state index contributed by atoms with van der Waals surface area (Å²) in [7, 11) is 0. The number of hydroxylamine groups is 1. The number of Topliss-reactive ketones (excluding diaryl/α,β-unsaturated/α-hetero) is 2. The van der Waals surface area contributed by atoms with Crippen LogP contribution in [0.5, 0.6) is 0 Å². The normalized spacial score (nSPS) is 18.4. The van der Waals surface area contributed by atoms with E-state index in [2.05, 4.69) is 10.3 Å². The van der Waals surface area contributed by atoms with Crippen molar-refractivity contribution in [2.24, 2.45) is 0 Å². The lowest BCUT2D eigenvalue weighted by Gasteiger charge is -2.06. The summed E-state index contributed by atoms with van der Waals surface area (Å²) in [6, 6.07) is -0.936. The van der Waals surface area contributed by atoms with Gasteiger partial charge in [-0.3, -0.25) is 14.4 Å². The van der Waals surface area contributed by atoms with Crippen molar-refractivity contribution in [2.75, 3.05) is 0 Å². The van der Waals surface area contributed by atoms with Crippen molar-refractivity contribution < 1.29 is 19.2 Å². The van der Waals surface area contributed by atoms with Crippen LogP contribution in [-0.4, -0.2) is 23.6 Å². The summed E-state index contributed by atoms with van der Waals surface area (Å²) in [4.78, 5) is 36.5. The van der Waals surface area contributed by atoms with Crippen LogP contribution in [0.15, 0.2) is 0 Å². The van der Waals surface area contributed by atoms with E-state index in [1.54, 1.807) is 0 Å². The van der Waals surface area contributed by atoms with Gasteiger partial charge in [-0.05, 0) is 0 Å². The van der Waals surface area contributed by atoms with Crippen LogP contribution in [0, 0.1) is 0 Å². The third-order valence-electron chi connectivity index (χ3n) is 1.58. The van der Waals surface area contributed by atoms with Crippen LogP contribution in [0.3, 0.4) is 0 Å². The standard InChI is InChI=1S/C7H9NO4/c1-4(9)12-8-7-5(10)2-3-6(7)11/h7-8H,2-3H2,1H3. The molecule has 12 heavy (non-hydrogen) atoms. The Morgan fingerprint density at radius 1 is 1.42 bits per heavy atom. The van der Waals surface area contributed by atoms with Crippen LogP contribution in [0.2, 0.25) is 0 Å². The summed E-state index contributed by atoms with van der Waals surface area (Å²) in [5, 5.41) is 0. The molecule has 0 aromatic rings. The Hall–Kier alpha value is -1.23. The van der Waals surface area contributed by atoms with Gasteiger partial charge in [0.25, 0.3) is 0 Å². The van der Waals surface area contributed by atoms with Crippen molar-refractivity contribution in [3.05, 3.63) is 0 Å². The molecule has 0 aromatic heterocycles.